The molecule has 160 valence electrons. The molecule has 1 amide bonds. The summed E-state index contributed by atoms with van der Waals surface area (Å²) < 4.78 is 18.9. The van der Waals surface area contributed by atoms with E-state index in [1.54, 1.807) is 12.1 Å². The maximum absolute atomic E-state index is 13.2. The fraction of sp³-hybridized carbons (Fsp3) is 0.304. The number of halogens is 1. The highest BCUT2D eigenvalue weighted by atomic mass is 19.1. The lowest BCUT2D eigenvalue weighted by Gasteiger charge is -2.07. The number of nitrogens with one attached hydrogen (secondary N) is 2. The Morgan fingerprint density at radius 1 is 1.16 bits per heavy atom. The van der Waals surface area contributed by atoms with Crippen LogP contribution in [0, 0.1) is 11.7 Å². The number of carbonyl (C=O) groups excluding carboxylic acids is 1. The Balaban J connectivity index is 1.32. The Morgan fingerprint density at radius 3 is 2.77 bits per heavy atom. The Labute approximate surface area is 178 Å². The van der Waals surface area contributed by atoms with Crippen LogP contribution >= 0.6 is 0 Å². The lowest BCUT2D eigenvalue weighted by atomic mass is 10.2. The van der Waals surface area contributed by atoms with Crippen LogP contribution in [0.5, 0.6) is 5.75 Å². The summed E-state index contributed by atoms with van der Waals surface area (Å²) in [6.45, 7) is 0.919. The minimum Gasteiger partial charge on any atom is -0.493 e. The summed E-state index contributed by atoms with van der Waals surface area (Å²) in [5, 5.41) is 10.8. The normalized spacial score (nSPS) is 13.1. The van der Waals surface area contributed by atoms with Crippen molar-refractivity contribution in [3.8, 4) is 17.1 Å². The highest BCUT2D eigenvalue weighted by Gasteiger charge is 2.22. The van der Waals surface area contributed by atoms with Crippen molar-refractivity contribution in [3.05, 3.63) is 76.0 Å². The standard InChI is InChI=1S/C23H23FN4O3/c24-18-5-1-3-16(11-18)13-25-21(29)10-9-20-23(30)26-22(28-27-20)17-4-2-6-19(12-17)31-14-15-7-8-15/h1-6,11-12,15H,7-10,13-14H2,(H,25,29)(H,26,28,30). The molecule has 0 unspecified atom stereocenters. The van der Waals surface area contributed by atoms with Crippen molar-refractivity contribution in [1.29, 1.82) is 0 Å². The predicted octanol–water partition coefficient (Wildman–Crippen LogP) is 3.01. The molecular weight excluding hydrogens is 399 g/mol. The summed E-state index contributed by atoms with van der Waals surface area (Å²) in [5.74, 6) is 1.12. The molecule has 1 saturated carbocycles. The van der Waals surface area contributed by atoms with Crippen LogP contribution in [0.1, 0.15) is 30.5 Å². The van der Waals surface area contributed by atoms with Crippen LogP contribution in [0.4, 0.5) is 4.39 Å². The number of carbonyl (C=O) groups is 1. The smallest absolute Gasteiger partial charge is 0.273 e. The number of ether oxygens (including phenoxy) is 1. The summed E-state index contributed by atoms with van der Waals surface area (Å²) in [6.07, 6.45) is 2.66. The zero-order chi connectivity index (χ0) is 21.6. The van der Waals surface area contributed by atoms with E-state index in [2.05, 4.69) is 20.5 Å². The van der Waals surface area contributed by atoms with Gasteiger partial charge in [0.05, 0.1) is 6.61 Å². The molecule has 1 aromatic heterocycles. The quantitative estimate of drug-likeness (QED) is 0.553. The van der Waals surface area contributed by atoms with Crippen LogP contribution in [0.3, 0.4) is 0 Å². The lowest BCUT2D eigenvalue weighted by molar-refractivity contribution is -0.121. The van der Waals surface area contributed by atoms with Crippen LogP contribution < -0.4 is 15.6 Å². The van der Waals surface area contributed by atoms with E-state index >= 15 is 0 Å². The Bertz CT molecular complexity index is 1130. The van der Waals surface area contributed by atoms with Crippen molar-refractivity contribution in [3.63, 3.8) is 0 Å². The van der Waals surface area contributed by atoms with Gasteiger partial charge in [-0.2, -0.15) is 0 Å². The lowest BCUT2D eigenvalue weighted by Crippen LogP contribution is -2.25. The van der Waals surface area contributed by atoms with Gasteiger partial charge in [0.25, 0.3) is 5.56 Å². The maximum Gasteiger partial charge on any atom is 0.273 e. The summed E-state index contributed by atoms with van der Waals surface area (Å²) >= 11 is 0. The number of amides is 1. The van der Waals surface area contributed by atoms with Gasteiger partial charge in [0.1, 0.15) is 17.3 Å². The summed E-state index contributed by atoms with van der Waals surface area (Å²) in [6, 6.07) is 13.4. The van der Waals surface area contributed by atoms with Gasteiger partial charge >= 0.3 is 0 Å². The first kappa shape index (κ1) is 20.7. The highest BCUT2D eigenvalue weighted by molar-refractivity contribution is 5.76. The van der Waals surface area contributed by atoms with Crippen molar-refractivity contribution in [2.75, 3.05) is 6.61 Å². The molecule has 7 nitrogen and oxygen atoms in total. The van der Waals surface area contributed by atoms with Gasteiger partial charge in [-0.1, -0.05) is 24.3 Å². The summed E-state index contributed by atoms with van der Waals surface area (Å²) in [7, 11) is 0. The molecule has 31 heavy (non-hydrogen) atoms. The van der Waals surface area contributed by atoms with E-state index in [1.807, 2.05) is 24.3 Å². The first-order chi connectivity index (χ1) is 15.1. The average molecular weight is 422 g/mol. The van der Waals surface area contributed by atoms with Gasteiger partial charge in [0, 0.05) is 24.9 Å². The van der Waals surface area contributed by atoms with Crippen LogP contribution in [0.25, 0.3) is 11.4 Å². The molecule has 1 fully saturated rings. The molecule has 2 aromatic carbocycles. The van der Waals surface area contributed by atoms with Gasteiger partial charge in [-0.25, -0.2) is 4.39 Å². The van der Waals surface area contributed by atoms with Gasteiger partial charge in [-0.15, -0.1) is 10.2 Å². The average Bonchev–Trinajstić information content (AvgIpc) is 3.60. The molecule has 0 saturated heterocycles. The molecule has 8 heteroatoms. The monoisotopic (exact) mass is 422 g/mol. The number of benzene rings is 2. The van der Waals surface area contributed by atoms with Crippen molar-refractivity contribution in [1.82, 2.24) is 20.5 Å². The first-order valence-corrected chi connectivity index (χ1v) is 10.3. The number of nitrogens with zero attached hydrogens (tertiary/aromatic N) is 2. The van der Waals surface area contributed by atoms with E-state index in [0.29, 0.717) is 29.5 Å². The largest absolute Gasteiger partial charge is 0.493 e. The molecule has 0 atom stereocenters. The van der Waals surface area contributed by atoms with Crippen LogP contribution in [0.2, 0.25) is 0 Å². The topological polar surface area (TPSA) is 97.0 Å². The van der Waals surface area contributed by atoms with Gasteiger partial charge < -0.3 is 15.0 Å². The van der Waals surface area contributed by atoms with Crippen molar-refractivity contribution >= 4 is 5.91 Å². The van der Waals surface area contributed by atoms with E-state index in [4.69, 9.17) is 4.74 Å². The fourth-order valence-corrected chi connectivity index (χ4v) is 3.05. The highest BCUT2D eigenvalue weighted by Crippen LogP contribution is 2.30. The number of rotatable bonds is 9. The van der Waals surface area contributed by atoms with E-state index in [-0.39, 0.29) is 42.4 Å². The zero-order valence-electron chi connectivity index (χ0n) is 16.9. The molecule has 1 heterocycles. The molecule has 2 N–H and O–H groups in total. The minimum atomic E-state index is -0.382. The molecule has 3 aromatic rings. The Kier molecular flexibility index (Phi) is 6.35. The first-order valence-electron chi connectivity index (χ1n) is 10.3. The molecule has 1 aliphatic carbocycles. The number of H-pyrrole nitrogens is 1. The van der Waals surface area contributed by atoms with E-state index in [1.165, 1.54) is 25.0 Å². The SMILES string of the molecule is O=C(CCc1nnc(-c2cccc(OCC3CC3)c2)[nH]c1=O)NCc1cccc(F)c1. The number of aromatic amines is 1. The minimum absolute atomic E-state index is 0.0803. The van der Waals surface area contributed by atoms with Crippen LogP contribution in [-0.4, -0.2) is 27.7 Å². The van der Waals surface area contributed by atoms with Gasteiger partial charge in [-0.3, -0.25) is 9.59 Å². The molecule has 0 bridgehead atoms. The number of aromatic nitrogens is 3. The van der Waals surface area contributed by atoms with Crippen molar-refractivity contribution < 1.29 is 13.9 Å². The second-order valence-corrected chi connectivity index (χ2v) is 7.64. The maximum atomic E-state index is 13.2. The number of hydrogen-bond donors (Lipinski definition) is 2. The van der Waals surface area contributed by atoms with Crippen molar-refractivity contribution in [2.45, 2.75) is 32.2 Å². The van der Waals surface area contributed by atoms with Crippen LogP contribution in [-0.2, 0) is 17.8 Å². The number of hydrogen-bond acceptors (Lipinski definition) is 5. The molecule has 0 radical (unpaired) electrons. The Morgan fingerprint density at radius 2 is 2.00 bits per heavy atom. The molecule has 0 aliphatic heterocycles. The second kappa shape index (κ2) is 9.51. The van der Waals surface area contributed by atoms with E-state index < -0.39 is 0 Å². The zero-order valence-corrected chi connectivity index (χ0v) is 16.9. The van der Waals surface area contributed by atoms with Gasteiger partial charge in [0.2, 0.25) is 5.91 Å². The van der Waals surface area contributed by atoms with Crippen LogP contribution in [0.15, 0.2) is 53.3 Å². The van der Waals surface area contributed by atoms with Gasteiger partial charge in [-0.05, 0) is 48.6 Å². The number of aryl methyl sites for hydroxylation is 1. The molecule has 4 rings (SSSR count). The van der Waals surface area contributed by atoms with Crippen molar-refractivity contribution in [2.24, 2.45) is 5.92 Å². The fourth-order valence-electron chi connectivity index (χ4n) is 3.05. The van der Waals surface area contributed by atoms with E-state index in [9.17, 15) is 14.0 Å². The molecule has 1 aliphatic rings. The van der Waals surface area contributed by atoms with Gasteiger partial charge in [0.15, 0.2) is 5.82 Å². The summed E-state index contributed by atoms with van der Waals surface area (Å²) in [4.78, 5) is 27.2. The Hall–Kier alpha value is -3.55. The predicted molar refractivity (Wildman–Crippen MR) is 113 cm³/mol. The molecular formula is C23H23FN4O3. The molecule has 0 spiro atoms. The third kappa shape index (κ3) is 5.97. The summed E-state index contributed by atoms with van der Waals surface area (Å²) in [5.41, 5.74) is 1.17. The van der Waals surface area contributed by atoms with E-state index in [0.717, 1.165) is 5.75 Å². The third-order valence-electron chi connectivity index (χ3n) is 5.02. The third-order valence-corrected chi connectivity index (χ3v) is 5.02. The second-order valence-electron chi connectivity index (χ2n) is 7.64.